The Labute approximate surface area is 184 Å². The summed E-state index contributed by atoms with van der Waals surface area (Å²) >= 11 is 1.17. The van der Waals surface area contributed by atoms with Gasteiger partial charge in [-0.1, -0.05) is 30.0 Å². The fourth-order valence-corrected chi connectivity index (χ4v) is 3.24. The smallest absolute Gasteiger partial charge is 0.316 e. The number of carbonyl (C=O) groups is 2. The predicted octanol–water partition coefficient (Wildman–Crippen LogP) is 4.78. The minimum absolute atomic E-state index is 0.0251. The van der Waals surface area contributed by atoms with Gasteiger partial charge in [-0.25, -0.2) is 9.97 Å². The topological polar surface area (TPSA) is 106 Å². The summed E-state index contributed by atoms with van der Waals surface area (Å²) < 4.78 is 5.01. The fraction of sp³-hybridized carbons (Fsp3) is 0.182. The third-order valence-corrected chi connectivity index (χ3v) is 4.65. The summed E-state index contributed by atoms with van der Waals surface area (Å²) in [6.45, 7) is 3.35. The molecule has 0 saturated carbocycles. The highest BCUT2D eigenvalue weighted by Crippen LogP contribution is 2.20. The Hall–Kier alpha value is -3.59. The van der Waals surface area contributed by atoms with Gasteiger partial charge in [0.05, 0.1) is 17.1 Å². The molecular formula is C22H21N5O3S. The molecule has 0 aliphatic rings. The monoisotopic (exact) mass is 435 g/mol. The van der Waals surface area contributed by atoms with E-state index >= 15 is 0 Å². The van der Waals surface area contributed by atoms with Gasteiger partial charge in [0.2, 0.25) is 0 Å². The zero-order valence-electron chi connectivity index (χ0n) is 17.1. The molecule has 0 atom stereocenters. The normalized spacial score (nSPS) is 10.8. The number of aromatic nitrogens is 2. The van der Waals surface area contributed by atoms with Crippen LogP contribution in [0, 0.1) is 13.8 Å². The van der Waals surface area contributed by atoms with Gasteiger partial charge in [0.15, 0.2) is 11.8 Å². The van der Waals surface area contributed by atoms with Crippen LogP contribution in [0.25, 0.3) is 0 Å². The number of rotatable bonds is 8. The van der Waals surface area contributed by atoms with Crippen LogP contribution in [-0.2, 0) is 14.3 Å². The summed E-state index contributed by atoms with van der Waals surface area (Å²) in [6.07, 6.45) is 0. The number of amides is 1. The summed E-state index contributed by atoms with van der Waals surface area (Å²) in [7, 11) is 0. The lowest BCUT2D eigenvalue weighted by molar-refractivity contribution is -0.144. The van der Waals surface area contributed by atoms with Crippen molar-refractivity contribution in [2.24, 2.45) is 10.2 Å². The van der Waals surface area contributed by atoms with Crippen LogP contribution in [0.15, 0.2) is 76.0 Å². The first kappa shape index (κ1) is 22.1. The highest BCUT2D eigenvalue weighted by molar-refractivity contribution is 7.99. The minimum atomic E-state index is -0.514. The molecule has 0 fully saturated rings. The van der Waals surface area contributed by atoms with Gasteiger partial charge in [0.25, 0.3) is 5.91 Å². The molecular weight excluding hydrogens is 414 g/mol. The molecule has 0 bridgehead atoms. The maximum atomic E-state index is 12.0. The molecule has 0 spiro atoms. The Balaban J connectivity index is 1.41. The zero-order chi connectivity index (χ0) is 22.1. The van der Waals surface area contributed by atoms with Gasteiger partial charge in [-0.05, 0) is 56.3 Å². The van der Waals surface area contributed by atoms with E-state index in [0.29, 0.717) is 16.5 Å². The number of aryl methyl sites for hydroxylation is 2. The van der Waals surface area contributed by atoms with E-state index in [1.165, 1.54) is 11.8 Å². The summed E-state index contributed by atoms with van der Waals surface area (Å²) in [5.41, 5.74) is 3.63. The summed E-state index contributed by atoms with van der Waals surface area (Å²) in [4.78, 5) is 32.4. The Morgan fingerprint density at radius 2 is 1.55 bits per heavy atom. The van der Waals surface area contributed by atoms with Crippen LogP contribution in [0.1, 0.15) is 11.4 Å². The third kappa shape index (κ3) is 7.63. The number of ether oxygens (including phenoxy) is 1. The van der Waals surface area contributed by atoms with Crippen molar-refractivity contribution >= 4 is 40.7 Å². The van der Waals surface area contributed by atoms with Crippen molar-refractivity contribution in [3.05, 3.63) is 72.1 Å². The number of carbonyl (C=O) groups excluding carboxylic acids is 2. The highest BCUT2D eigenvalue weighted by atomic mass is 32.2. The number of esters is 1. The van der Waals surface area contributed by atoms with Crippen molar-refractivity contribution in [1.29, 1.82) is 0 Å². The van der Waals surface area contributed by atoms with Gasteiger partial charge in [0.1, 0.15) is 0 Å². The lowest BCUT2D eigenvalue weighted by Gasteiger charge is -2.07. The molecule has 0 radical (unpaired) electrons. The maximum Gasteiger partial charge on any atom is 0.316 e. The second-order valence-corrected chi connectivity index (χ2v) is 7.46. The molecule has 1 aromatic heterocycles. The molecule has 8 nitrogen and oxygen atoms in total. The number of nitrogens with zero attached hydrogens (tertiary/aromatic N) is 4. The molecule has 0 unspecified atom stereocenters. The molecule has 1 N–H and O–H groups in total. The number of thioether (sulfide) groups is 1. The van der Waals surface area contributed by atoms with Crippen molar-refractivity contribution < 1.29 is 14.3 Å². The lowest BCUT2D eigenvalue weighted by atomic mass is 10.3. The average Bonchev–Trinajstić information content (AvgIpc) is 2.76. The van der Waals surface area contributed by atoms with E-state index in [1.807, 2.05) is 50.2 Å². The molecule has 0 saturated heterocycles. The van der Waals surface area contributed by atoms with E-state index in [-0.39, 0.29) is 12.4 Å². The lowest BCUT2D eigenvalue weighted by Crippen LogP contribution is -2.21. The van der Waals surface area contributed by atoms with E-state index in [9.17, 15) is 9.59 Å². The maximum absolute atomic E-state index is 12.0. The standard InChI is InChI=1S/C22H21N5O3S/c1-15-12-16(2)24-22(23-15)31-14-21(29)30-13-20(28)25-17-8-10-19(11-9-17)27-26-18-6-4-3-5-7-18/h3-12H,13-14H2,1-2H3,(H,25,28). The molecule has 0 aliphatic carbocycles. The number of anilines is 1. The predicted molar refractivity (Wildman–Crippen MR) is 119 cm³/mol. The molecule has 1 amide bonds. The largest absolute Gasteiger partial charge is 0.455 e. The Bertz CT molecular complexity index is 1050. The van der Waals surface area contributed by atoms with E-state index in [2.05, 4.69) is 25.5 Å². The quantitative estimate of drug-likeness (QED) is 0.236. The molecule has 31 heavy (non-hydrogen) atoms. The van der Waals surface area contributed by atoms with Crippen molar-refractivity contribution in [1.82, 2.24) is 9.97 Å². The second kappa shape index (κ2) is 11.0. The number of nitrogens with one attached hydrogen (secondary N) is 1. The minimum Gasteiger partial charge on any atom is -0.455 e. The fourth-order valence-electron chi connectivity index (χ4n) is 2.49. The number of hydrogen-bond acceptors (Lipinski definition) is 8. The van der Waals surface area contributed by atoms with Gasteiger partial charge in [-0.15, -0.1) is 0 Å². The SMILES string of the molecule is Cc1cc(C)nc(SCC(=O)OCC(=O)Nc2ccc(N=Nc3ccccc3)cc2)n1. The molecule has 9 heteroatoms. The van der Waals surface area contributed by atoms with Crippen LogP contribution in [0.2, 0.25) is 0 Å². The first-order valence-electron chi connectivity index (χ1n) is 9.45. The van der Waals surface area contributed by atoms with E-state index < -0.39 is 11.9 Å². The summed E-state index contributed by atoms with van der Waals surface area (Å²) in [6, 6.07) is 18.1. The average molecular weight is 436 g/mol. The van der Waals surface area contributed by atoms with E-state index in [1.54, 1.807) is 24.3 Å². The Kier molecular flexibility index (Phi) is 7.83. The molecule has 0 aliphatic heterocycles. The van der Waals surface area contributed by atoms with E-state index in [4.69, 9.17) is 4.74 Å². The van der Waals surface area contributed by atoms with Crippen molar-refractivity contribution in [2.75, 3.05) is 17.7 Å². The molecule has 158 valence electrons. The molecule has 3 rings (SSSR count). The molecule has 3 aromatic rings. The van der Waals surface area contributed by atoms with Crippen LogP contribution in [-0.4, -0.2) is 34.2 Å². The zero-order valence-corrected chi connectivity index (χ0v) is 17.9. The highest BCUT2D eigenvalue weighted by Gasteiger charge is 2.10. The van der Waals surface area contributed by atoms with Gasteiger partial charge >= 0.3 is 5.97 Å². The second-order valence-electron chi connectivity index (χ2n) is 6.51. The summed E-state index contributed by atoms with van der Waals surface area (Å²) in [5, 5.41) is 11.4. The van der Waals surface area contributed by atoms with E-state index in [0.717, 1.165) is 17.1 Å². The van der Waals surface area contributed by atoms with Crippen molar-refractivity contribution in [3.8, 4) is 0 Å². The van der Waals surface area contributed by atoms with Gasteiger partial charge in [-0.3, -0.25) is 9.59 Å². The number of benzene rings is 2. The third-order valence-electron chi connectivity index (χ3n) is 3.83. The van der Waals surface area contributed by atoms with Crippen LogP contribution in [0.4, 0.5) is 17.1 Å². The summed E-state index contributed by atoms with van der Waals surface area (Å²) in [5.74, 6) is -0.920. The van der Waals surface area contributed by atoms with Gasteiger partial charge < -0.3 is 10.1 Å². The van der Waals surface area contributed by atoms with Crippen LogP contribution < -0.4 is 5.32 Å². The first-order valence-corrected chi connectivity index (χ1v) is 10.4. The van der Waals surface area contributed by atoms with Gasteiger partial charge in [-0.2, -0.15) is 10.2 Å². The Morgan fingerprint density at radius 1 is 0.935 bits per heavy atom. The number of azo groups is 1. The van der Waals surface area contributed by atoms with Crippen molar-refractivity contribution in [3.63, 3.8) is 0 Å². The number of hydrogen-bond donors (Lipinski definition) is 1. The Morgan fingerprint density at radius 3 is 2.19 bits per heavy atom. The van der Waals surface area contributed by atoms with Crippen LogP contribution in [0.5, 0.6) is 0 Å². The first-order chi connectivity index (χ1) is 15.0. The molecule has 2 aromatic carbocycles. The van der Waals surface area contributed by atoms with Gasteiger partial charge in [0, 0.05) is 17.1 Å². The van der Waals surface area contributed by atoms with Crippen LogP contribution in [0.3, 0.4) is 0 Å². The van der Waals surface area contributed by atoms with Crippen molar-refractivity contribution in [2.45, 2.75) is 19.0 Å². The van der Waals surface area contributed by atoms with Crippen LogP contribution >= 0.6 is 11.8 Å². The molecule has 1 heterocycles.